The van der Waals surface area contributed by atoms with Gasteiger partial charge in [0.15, 0.2) is 0 Å². The summed E-state index contributed by atoms with van der Waals surface area (Å²) in [6.07, 6.45) is 3.39. The fourth-order valence-electron chi connectivity index (χ4n) is 1.19. The van der Waals surface area contributed by atoms with Crippen LogP contribution >= 0.6 is 15.9 Å². The molecule has 0 aliphatic rings. The minimum absolute atomic E-state index is 0.342. The van der Waals surface area contributed by atoms with Crippen molar-refractivity contribution < 1.29 is 5.11 Å². The molecule has 0 radical (unpaired) electrons. The van der Waals surface area contributed by atoms with Crippen molar-refractivity contribution in [3.8, 4) is 5.75 Å². The molecule has 1 unspecified atom stereocenters. The first-order valence-corrected chi connectivity index (χ1v) is 5.56. The molecule has 1 N–H and O–H groups in total. The maximum atomic E-state index is 9.07. The van der Waals surface area contributed by atoms with Gasteiger partial charge in [-0.05, 0) is 37.0 Å². The van der Waals surface area contributed by atoms with Crippen LogP contribution in [0.1, 0.15) is 25.3 Å². The summed E-state index contributed by atoms with van der Waals surface area (Å²) in [5.41, 5.74) is 1.29. The zero-order valence-corrected chi connectivity index (χ0v) is 9.42. The highest BCUT2D eigenvalue weighted by Gasteiger charge is 2.01. The zero-order valence-electron chi connectivity index (χ0n) is 7.83. The van der Waals surface area contributed by atoms with Gasteiger partial charge in [0, 0.05) is 4.83 Å². The van der Waals surface area contributed by atoms with E-state index in [1.807, 2.05) is 12.1 Å². The van der Waals surface area contributed by atoms with Gasteiger partial charge in [-0.3, -0.25) is 0 Å². The highest BCUT2D eigenvalue weighted by Crippen LogP contribution is 2.15. The Morgan fingerprint density at radius 2 is 1.92 bits per heavy atom. The van der Waals surface area contributed by atoms with Crippen molar-refractivity contribution in [1.82, 2.24) is 0 Å². The van der Waals surface area contributed by atoms with Crippen molar-refractivity contribution in [3.05, 3.63) is 29.8 Å². The van der Waals surface area contributed by atoms with Gasteiger partial charge < -0.3 is 5.11 Å². The van der Waals surface area contributed by atoms with E-state index in [9.17, 15) is 0 Å². The first kappa shape index (κ1) is 10.6. The van der Waals surface area contributed by atoms with Gasteiger partial charge >= 0.3 is 0 Å². The van der Waals surface area contributed by atoms with Gasteiger partial charge in [-0.25, -0.2) is 0 Å². The molecule has 1 nitrogen and oxygen atoms in total. The average molecular weight is 243 g/mol. The Bertz CT molecular complexity index is 243. The van der Waals surface area contributed by atoms with E-state index < -0.39 is 0 Å². The molecule has 0 bridgehead atoms. The quantitative estimate of drug-likeness (QED) is 0.802. The number of alkyl halides is 1. The van der Waals surface area contributed by atoms with E-state index in [1.54, 1.807) is 12.1 Å². The molecular formula is C11H15BrO. The van der Waals surface area contributed by atoms with Crippen LogP contribution < -0.4 is 0 Å². The molecule has 72 valence electrons. The molecule has 1 aromatic carbocycles. The summed E-state index contributed by atoms with van der Waals surface area (Å²) in [7, 11) is 0. The predicted molar refractivity (Wildman–Crippen MR) is 59.4 cm³/mol. The summed E-state index contributed by atoms with van der Waals surface area (Å²) in [5, 5.41) is 9.07. The molecule has 1 rings (SSSR count). The Balaban J connectivity index is 2.41. The van der Waals surface area contributed by atoms with Gasteiger partial charge in [-0.1, -0.05) is 35.0 Å². The lowest BCUT2D eigenvalue weighted by molar-refractivity contribution is 0.475. The Morgan fingerprint density at radius 3 is 2.46 bits per heavy atom. The second-order valence-electron chi connectivity index (χ2n) is 3.21. The van der Waals surface area contributed by atoms with Crippen molar-refractivity contribution in [2.75, 3.05) is 0 Å². The number of benzene rings is 1. The molecule has 0 saturated heterocycles. The predicted octanol–water partition coefficient (Wildman–Crippen LogP) is 3.50. The van der Waals surface area contributed by atoms with E-state index in [4.69, 9.17) is 5.11 Å². The second kappa shape index (κ2) is 5.28. The number of aromatic hydroxyl groups is 1. The summed E-state index contributed by atoms with van der Waals surface area (Å²) < 4.78 is 0. The molecule has 0 aromatic heterocycles. The van der Waals surface area contributed by atoms with Crippen LogP contribution in [0.3, 0.4) is 0 Å². The van der Waals surface area contributed by atoms with Crippen molar-refractivity contribution >= 4 is 15.9 Å². The summed E-state index contributed by atoms with van der Waals surface area (Å²) in [4.78, 5) is 0.612. The lowest BCUT2D eigenvalue weighted by Gasteiger charge is -2.06. The van der Waals surface area contributed by atoms with Crippen LogP contribution in [0.2, 0.25) is 0 Å². The lowest BCUT2D eigenvalue weighted by Crippen LogP contribution is -1.97. The Morgan fingerprint density at radius 1 is 1.31 bits per heavy atom. The van der Waals surface area contributed by atoms with E-state index in [2.05, 4.69) is 22.9 Å². The highest BCUT2D eigenvalue weighted by molar-refractivity contribution is 9.09. The third-order valence-electron chi connectivity index (χ3n) is 2.13. The summed E-state index contributed by atoms with van der Waals surface area (Å²) >= 11 is 3.60. The SMILES string of the molecule is CCC(Br)CCc1ccc(O)cc1. The Labute approximate surface area is 87.9 Å². The molecule has 0 spiro atoms. The first-order valence-electron chi connectivity index (χ1n) is 4.64. The van der Waals surface area contributed by atoms with E-state index in [1.165, 1.54) is 5.56 Å². The molecule has 0 heterocycles. The molecule has 0 fully saturated rings. The number of phenolic OH excluding ortho intramolecular Hbond substituents is 1. The van der Waals surface area contributed by atoms with Gasteiger partial charge in [-0.15, -0.1) is 0 Å². The van der Waals surface area contributed by atoms with Crippen molar-refractivity contribution in [1.29, 1.82) is 0 Å². The van der Waals surface area contributed by atoms with Gasteiger partial charge in [0.05, 0.1) is 0 Å². The van der Waals surface area contributed by atoms with Crippen LogP contribution in [-0.4, -0.2) is 9.93 Å². The molecule has 0 amide bonds. The van der Waals surface area contributed by atoms with Crippen LogP contribution in [0.5, 0.6) is 5.75 Å². The maximum Gasteiger partial charge on any atom is 0.115 e. The van der Waals surface area contributed by atoms with Crippen LogP contribution in [0.4, 0.5) is 0 Å². The average Bonchev–Trinajstić information content (AvgIpc) is 2.16. The van der Waals surface area contributed by atoms with E-state index in [0.717, 1.165) is 19.3 Å². The lowest BCUT2D eigenvalue weighted by atomic mass is 10.1. The molecule has 1 aromatic rings. The van der Waals surface area contributed by atoms with Gasteiger partial charge in [0.2, 0.25) is 0 Å². The number of phenols is 1. The van der Waals surface area contributed by atoms with Crippen LogP contribution in [0.25, 0.3) is 0 Å². The Kier molecular flexibility index (Phi) is 4.29. The van der Waals surface area contributed by atoms with Crippen LogP contribution in [0, 0.1) is 0 Å². The standard InChI is InChI=1S/C11H15BrO/c1-2-10(12)6-3-9-4-7-11(13)8-5-9/h4-5,7-8,10,13H,2-3,6H2,1H3. The van der Waals surface area contributed by atoms with Crippen LogP contribution in [0.15, 0.2) is 24.3 Å². The number of aryl methyl sites for hydroxylation is 1. The fraction of sp³-hybridized carbons (Fsp3) is 0.455. The zero-order chi connectivity index (χ0) is 9.68. The van der Waals surface area contributed by atoms with E-state index in [0.29, 0.717) is 10.6 Å². The molecule has 13 heavy (non-hydrogen) atoms. The van der Waals surface area contributed by atoms with Gasteiger partial charge in [0.1, 0.15) is 5.75 Å². The number of halogens is 1. The molecule has 2 heteroatoms. The minimum atomic E-state index is 0.342. The van der Waals surface area contributed by atoms with Crippen molar-refractivity contribution in [2.45, 2.75) is 31.0 Å². The van der Waals surface area contributed by atoms with Crippen molar-refractivity contribution in [3.63, 3.8) is 0 Å². The monoisotopic (exact) mass is 242 g/mol. The number of rotatable bonds is 4. The molecule has 1 atom stereocenters. The maximum absolute atomic E-state index is 9.07. The molecule has 0 aliphatic carbocycles. The van der Waals surface area contributed by atoms with Gasteiger partial charge in [-0.2, -0.15) is 0 Å². The third-order valence-corrected chi connectivity index (χ3v) is 3.23. The van der Waals surface area contributed by atoms with Crippen molar-refractivity contribution in [2.24, 2.45) is 0 Å². The molecular weight excluding hydrogens is 228 g/mol. The number of hydrogen-bond donors (Lipinski definition) is 1. The summed E-state index contributed by atoms with van der Waals surface area (Å²) in [6, 6.07) is 7.43. The number of hydrogen-bond acceptors (Lipinski definition) is 1. The topological polar surface area (TPSA) is 20.2 Å². The van der Waals surface area contributed by atoms with Crippen LogP contribution in [-0.2, 0) is 6.42 Å². The largest absolute Gasteiger partial charge is 0.508 e. The summed E-state index contributed by atoms with van der Waals surface area (Å²) in [6.45, 7) is 2.18. The van der Waals surface area contributed by atoms with E-state index >= 15 is 0 Å². The molecule has 0 saturated carbocycles. The van der Waals surface area contributed by atoms with Gasteiger partial charge in [0.25, 0.3) is 0 Å². The normalized spacial score (nSPS) is 12.8. The molecule has 0 aliphatic heterocycles. The third kappa shape index (κ3) is 3.81. The smallest absolute Gasteiger partial charge is 0.115 e. The fourth-order valence-corrected chi connectivity index (χ4v) is 1.42. The highest BCUT2D eigenvalue weighted by atomic mass is 79.9. The minimum Gasteiger partial charge on any atom is -0.508 e. The second-order valence-corrected chi connectivity index (χ2v) is 4.51. The first-order chi connectivity index (χ1) is 6.22. The summed E-state index contributed by atoms with van der Waals surface area (Å²) in [5.74, 6) is 0.342. The van der Waals surface area contributed by atoms with E-state index in [-0.39, 0.29) is 0 Å². The Hall–Kier alpha value is -0.500.